The Balaban J connectivity index is 1.73. The van der Waals surface area contributed by atoms with Crippen LogP contribution in [0.5, 0.6) is 0 Å². The molecule has 0 N–H and O–H groups in total. The number of rotatable bonds is 6. The summed E-state index contributed by atoms with van der Waals surface area (Å²) < 4.78 is 26.9. The van der Waals surface area contributed by atoms with Crippen LogP contribution in [-0.2, 0) is 38.1 Å². The second-order valence-electron chi connectivity index (χ2n) is 7.02. The topological polar surface area (TPSA) is 114 Å². The highest BCUT2D eigenvalue weighted by molar-refractivity contribution is 5.89. The molecule has 3 rings (SSSR count). The first kappa shape index (κ1) is 20.8. The smallest absolute Gasteiger partial charge is 0.338 e. The summed E-state index contributed by atoms with van der Waals surface area (Å²) in [6.07, 6.45) is -2.96. The lowest BCUT2D eigenvalue weighted by molar-refractivity contribution is -0.197. The molecule has 2 aliphatic rings. The average molecular weight is 406 g/mol. The van der Waals surface area contributed by atoms with Gasteiger partial charge in [0.05, 0.1) is 12.2 Å². The Bertz CT molecular complexity index is 805. The number of ether oxygens (including phenoxy) is 5. The van der Waals surface area contributed by atoms with Crippen LogP contribution in [0.4, 0.5) is 0 Å². The molecular weight excluding hydrogens is 384 g/mol. The van der Waals surface area contributed by atoms with Gasteiger partial charge in [0.25, 0.3) is 0 Å². The molecule has 2 fully saturated rings. The fourth-order valence-corrected chi connectivity index (χ4v) is 3.53. The first-order chi connectivity index (χ1) is 13.7. The van der Waals surface area contributed by atoms with Gasteiger partial charge in [-0.3, -0.25) is 14.4 Å². The summed E-state index contributed by atoms with van der Waals surface area (Å²) in [7, 11) is 0. The van der Waals surface area contributed by atoms with Gasteiger partial charge in [-0.25, -0.2) is 4.79 Å². The third-order valence-corrected chi connectivity index (χ3v) is 4.78. The van der Waals surface area contributed by atoms with E-state index < -0.39 is 48.0 Å². The van der Waals surface area contributed by atoms with Crippen LogP contribution in [-0.4, -0.2) is 54.6 Å². The van der Waals surface area contributed by atoms with Crippen LogP contribution in [0.3, 0.4) is 0 Å². The third kappa shape index (κ3) is 4.56. The molecule has 1 spiro atoms. The summed E-state index contributed by atoms with van der Waals surface area (Å²) in [4.78, 5) is 46.7. The average Bonchev–Trinajstić information content (AvgIpc) is 3.28. The van der Waals surface area contributed by atoms with Crippen molar-refractivity contribution in [1.82, 2.24) is 0 Å². The predicted molar refractivity (Wildman–Crippen MR) is 95.3 cm³/mol. The van der Waals surface area contributed by atoms with E-state index >= 15 is 0 Å². The minimum atomic E-state index is -1.23. The number of carbonyl (C=O) groups is 4. The molecule has 1 saturated heterocycles. The van der Waals surface area contributed by atoms with Crippen LogP contribution in [0.15, 0.2) is 30.3 Å². The second-order valence-corrected chi connectivity index (χ2v) is 7.02. The molecule has 1 saturated carbocycles. The van der Waals surface area contributed by atoms with Crippen molar-refractivity contribution in [2.45, 2.75) is 51.3 Å². The Morgan fingerprint density at radius 2 is 1.59 bits per heavy atom. The van der Waals surface area contributed by atoms with Gasteiger partial charge in [0.1, 0.15) is 5.60 Å². The number of hydrogen-bond acceptors (Lipinski definition) is 9. The monoisotopic (exact) mass is 406 g/mol. The molecule has 2 unspecified atom stereocenters. The van der Waals surface area contributed by atoms with E-state index in [1.165, 1.54) is 20.8 Å². The Kier molecular flexibility index (Phi) is 5.88. The van der Waals surface area contributed by atoms with E-state index in [1.54, 1.807) is 30.3 Å². The fraction of sp³-hybridized carbons (Fsp3) is 0.500. The Morgan fingerprint density at radius 1 is 0.966 bits per heavy atom. The Morgan fingerprint density at radius 3 is 2.17 bits per heavy atom. The quantitative estimate of drug-likeness (QED) is 0.510. The zero-order valence-electron chi connectivity index (χ0n) is 16.3. The number of hydrogen-bond donors (Lipinski definition) is 0. The van der Waals surface area contributed by atoms with Gasteiger partial charge in [-0.1, -0.05) is 18.2 Å². The SMILES string of the molecule is CC(=O)OC1C(OC(C)=O)[C@@]2(C[C@H]2COC(=O)c2ccccc2)O[C@@H]1OC(C)=O. The van der Waals surface area contributed by atoms with Gasteiger partial charge in [-0.15, -0.1) is 0 Å². The molecule has 156 valence electrons. The van der Waals surface area contributed by atoms with Crippen LogP contribution in [0.2, 0.25) is 0 Å². The highest BCUT2D eigenvalue weighted by Crippen LogP contribution is 2.57. The minimum absolute atomic E-state index is 0.00503. The molecule has 0 bridgehead atoms. The highest BCUT2D eigenvalue weighted by atomic mass is 16.8. The molecule has 1 heterocycles. The van der Waals surface area contributed by atoms with Crippen molar-refractivity contribution < 1.29 is 42.9 Å². The summed E-state index contributed by atoms with van der Waals surface area (Å²) in [6, 6.07) is 8.49. The largest absolute Gasteiger partial charge is 0.462 e. The fourth-order valence-electron chi connectivity index (χ4n) is 3.53. The van der Waals surface area contributed by atoms with Gasteiger partial charge < -0.3 is 23.7 Å². The molecule has 1 aliphatic carbocycles. The summed E-state index contributed by atoms with van der Waals surface area (Å²) in [6.45, 7) is 3.59. The number of esters is 4. The molecule has 1 aromatic carbocycles. The minimum Gasteiger partial charge on any atom is -0.462 e. The molecule has 9 nitrogen and oxygen atoms in total. The molecule has 29 heavy (non-hydrogen) atoms. The van der Waals surface area contributed by atoms with E-state index in [1.807, 2.05) is 0 Å². The lowest BCUT2D eigenvalue weighted by Crippen LogP contribution is -2.42. The molecular formula is C20H22O9. The molecule has 1 aliphatic heterocycles. The van der Waals surface area contributed by atoms with E-state index in [2.05, 4.69) is 0 Å². The van der Waals surface area contributed by atoms with Crippen molar-refractivity contribution in [3.63, 3.8) is 0 Å². The van der Waals surface area contributed by atoms with Crippen LogP contribution < -0.4 is 0 Å². The van der Waals surface area contributed by atoms with Crippen LogP contribution in [0.1, 0.15) is 37.6 Å². The molecule has 9 heteroatoms. The van der Waals surface area contributed by atoms with Crippen molar-refractivity contribution >= 4 is 23.9 Å². The van der Waals surface area contributed by atoms with Crippen molar-refractivity contribution in [2.75, 3.05) is 6.61 Å². The Hall–Kier alpha value is -2.94. The van der Waals surface area contributed by atoms with Gasteiger partial charge in [-0.05, 0) is 18.6 Å². The maximum absolute atomic E-state index is 12.2. The van der Waals surface area contributed by atoms with Crippen LogP contribution in [0.25, 0.3) is 0 Å². The van der Waals surface area contributed by atoms with Crippen LogP contribution in [0, 0.1) is 5.92 Å². The zero-order chi connectivity index (χ0) is 21.2. The Labute approximate surface area is 167 Å². The lowest BCUT2D eigenvalue weighted by Gasteiger charge is -2.23. The zero-order valence-corrected chi connectivity index (χ0v) is 16.3. The third-order valence-electron chi connectivity index (χ3n) is 4.78. The van der Waals surface area contributed by atoms with E-state index in [0.717, 1.165) is 0 Å². The van der Waals surface area contributed by atoms with Gasteiger partial charge in [0.2, 0.25) is 12.4 Å². The predicted octanol–water partition coefficient (Wildman–Crippen LogP) is 1.38. The number of carbonyl (C=O) groups excluding carboxylic acids is 4. The van der Waals surface area contributed by atoms with Gasteiger partial charge in [0, 0.05) is 26.7 Å². The lowest BCUT2D eigenvalue weighted by atomic mass is 10.1. The molecule has 0 amide bonds. The van der Waals surface area contributed by atoms with Gasteiger partial charge in [0.15, 0.2) is 6.10 Å². The van der Waals surface area contributed by atoms with Gasteiger partial charge in [-0.2, -0.15) is 0 Å². The van der Waals surface area contributed by atoms with Gasteiger partial charge >= 0.3 is 23.9 Å². The van der Waals surface area contributed by atoms with Crippen molar-refractivity contribution in [3.8, 4) is 0 Å². The molecule has 5 atom stereocenters. The summed E-state index contributed by atoms with van der Waals surface area (Å²) >= 11 is 0. The first-order valence-electron chi connectivity index (χ1n) is 9.14. The van der Waals surface area contributed by atoms with Crippen LogP contribution >= 0.6 is 0 Å². The van der Waals surface area contributed by atoms with E-state index in [0.29, 0.717) is 12.0 Å². The van der Waals surface area contributed by atoms with E-state index in [9.17, 15) is 19.2 Å². The van der Waals surface area contributed by atoms with Crippen molar-refractivity contribution in [1.29, 1.82) is 0 Å². The van der Waals surface area contributed by atoms with E-state index in [-0.39, 0.29) is 12.5 Å². The second kappa shape index (κ2) is 8.20. The van der Waals surface area contributed by atoms with E-state index in [4.69, 9.17) is 23.7 Å². The normalized spacial score (nSPS) is 29.8. The highest BCUT2D eigenvalue weighted by Gasteiger charge is 2.73. The molecule has 0 aromatic heterocycles. The molecule has 0 radical (unpaired) electrons. The molecule has 1 aromatic rings. The van der Waals surface area contributed by atoms with Crippen molar-refractivity contribution in [2.24, 2.45) is 5.92 Å². The van der Waals surface area contributed by atoms with Crippen molar-refractivity contribution in [3.05, 3.63) is 35.9 Å². The first-order valence-corrected chi connectivity index (χ1v) is 9.14. The summed E-state index contributed by atoms with van der Waals surface area (Å²) in [5.74, 6) is -2.71. The number of benzene rings is 1. The summed E-state index contributed by atoms with van der Waals surface area (Å²) in [5.41, 5.74) is -0.662. The maximum Gasteiger partial charge on any atom is 0.338 e. The summed E-state index contributed by atoms with van der Waals surface area (Å²) in [5, 5.41) is 0. The maximum atomic E-state index is 12.2. The standard InChI is InChI=1S/C20H22O9/c1-11(21)26-16-17(27-12(2)22)20(29-19(16)28-13(3)23)9-15(20)10-25-18(24)14-7-5-4-6-8-14/h4-8,15-17,19H,9-10H2,1-3H3/t15-,16?,17?,19-,20-/m0/s1.